The van der Waals surface area contributed by atoms with Crippen LogP contribution in [0.2, 0.25) is 5.02 Å². The summed E-state index contributed by atoms with van der Waals surface area (Å²) in [6, 6.07) is 11.8. The molecule has 7 heteroatoms. The van der Waals surface area contributed by atoms with Crippen molar-refractivity contribution in [2.24, 2.45) is 0 Å². The zero-order valence-electron chi connectivity index (χ0n) is 12.9. The Morgan fingerprint density at radius 2 is 1.88 bits per heavy atom. The summed E-state index contributed by atoms with van der Waals surface area (Å²) in [6.07, 6.45) is 0. The maximum Gasteiger partial charge on any atom is 0.262 e. The number of anilines is 1. The highest BCUT2D eigenvalue weighted by Crippen LogP contribution is 2.27. The molecule has 0 aliphatic heterocycles. The molecule has 0 aliphatic carbocycles. The predicted molar refractivity (Wildman–Crippen MR) is 97.7 cm³/mol. The molecule has 0 aliphatic rings. The smallest absolute Gasteiger partial charge is 0.262 e. The van der Waals surface area contributed by atoms with E-state index in [4.69, 9.17) is 16.3 Å². The molecule has 0 spiro atoms. The van der Waals surface area contributed by atoms with Gasteiger partial charge in [0.15, 0.2) is 6.61 Å². The minimum Gasteiger partial charge on any atom is -0.482 e. The van der Waals surface area contributed by atoms with Crippen LogP contribution in [0.1, 0.15) is 17.3 Å². The molecular formula is C17H16BrClN2O3. The number of ether oxygens (including phenoxy) is 1. The van der Waals surface area contributed by atoms with E-state index in [1.54, 1.807) is 42.5 Å². The summed E-state index contributed by atoms with van der Waals surface area (Å²) in [5, 5.41) is 5.82. The number of benzene rings is 2. The molecule has 0 fully saturated rings. The van der Waals surface area contributed by atoms with Gasteiger partial charge in [0.2, 0.25) is 0 Å². The van der Waals surface area contributed by atoms with E-state index in [1.165, 1.54) is 0 Å². The van der Waals surface area contributed by atoms with E-state index in [0.29, 0.717) is 28.6 Å². The molecule has 0 bridgehead atoms. The standard InChI is InChI=1S/C17H16BrClN2O3/c1-2-20-17(23)11-3-6-13(7-4-11)21-16(22)10-24-15-8-5-12(18)9-14(15)19/h3-9H,2,10H2,1H3,(H,20,23)(H,21,22). The van der Waals surface area contributed by atoms with Gasteiger partial charge in [-0.25, -0.2) is 0 Å². The highest BCUT2D eigenvalue weighted by Gasteiger charge is 2.08. The van der Waals surface area contributed by atoms with E-state index in [0.717, 1.165) is 4.47 Å². The fourth-order valence-electron chi connectivity index (χ4n) is 1.90. The molecule has 0 saturated heterocycles. The lowest BCUT2D eigenvalue weighted by Gasteiger charge is -2.09. The van der Waals surface area contributed by atoms with Crippen LogP contribution in [0.5, 0.6) is 5.75 Å². The first kappa shape index (κ1) is 18.3. The molecule has 0 radical (unpaired) electrons. The lowest BCUT2D eigenvalue weighted by molar-refractivity contribution is -0.118. The SMILES string of the molecule is CCNC(=O)c1ccc(NC(=O)COc2ccc(Br)cc2Cl)cc1. The number of rotatable bonds is 6. The molecule has 2 aromatic carbocycles. The quantitative estimate of drug-likeness (QED) is 0.758. The van der Waals surface area contributed by atoms with Gasteiger partial charge >= 0.3 is 0 Å². The predicted octanol–water partition coefficient (Wildman–Crippen LogP) is 3.87. The molecule has 2 amide bonds. The van der Waals surface area contributed by atoms with Crippen molar-refractivity contribution in [2.75, 3.05) is 18.5 Å². The van der Waals surface area contributed by atoms with E-state index < -0.39 is 0 Å². The number of amides is 2. The lowest BCUT2D eigenvalue weighted by Crippen LogP contribution is -2.23. The van der Waals surface area contributed by atoms with Gasteiger partial charge in [-0.2, -0.15) is 0 Å². The number of hydrogen-bond acceptors (Lipinski definition) is 3. The van der Waals surface area contributed by atoms with E-state index in [-0.39, 0.29) is 18.4 Å². The Kier molecular flexibility index (Phi) is 6.63. The normalized spacial score (nSPS) is 10.1. The van der Waals surface area contributed by atoms with Crippen LogP contribution in [0.15, 0.2) is 46.9 Å². The van der Waals surface area contributed by atoms with Crippen LogP contribution < -0.4 is 15.4 Å². The maximum absolute atomic E-state index is 11.9. The van der Waals surface area contributed by atoms with Gasteiger partial charge in [-0.3, -0.25) is 9.59 Å². The Balaban J connectivity index is 1.89. The van der Waals surface area contributed by atoms with Crippen molar-refractivity contribution in [2.45, 2.75) is 6.92 Å². The van der Waals surface area contributed by atoms with Gasteiger partial charge in [-0.1, -0.05) is 27.5 Å². The topological polar surface area (TPSA) is 67.4 Å². The number of halogens is 2. The van der Waals surface area contributed by atoms with Crippen molar-refractivity contribution in [1.29, 1.82) is 0 Å². The largest absolute Gasteiger partial charge is 0.482 e. The van der Waals surface area contributed by atoms with Crippen molar-refractivity contribution >= 4 is 45.0 Å². The Morgan fingerprint density at radius 1 is 1.17 bits per heavy atom. The van der Waals surface area contributed by atoms with Gasteiger partial charge in [0.05, 0.1) is 5.02 Å². The maximum atomic E-state index is 11.9. The van der Waals surface area contributed by atoms with E-state index in [2.05, 4.69) is 26.6 Å². The fourth-order valence-corrected chi connectivity index (χ4v) is 2.63. The van der Waals surface area contributed by atoms with Crippen molar-refractivity contribution < 1.29 is 14.3 Å². The molecular weight excluding hydrogens is 396 g/mol. The summed E-state index contributed by atoms with van der Waals surface area (Å²) in [5.41, 5.74) is 1.12. The molecule has 24 heavy (non-hydrogen) atoms. The zero-order valence-corrected chi connectivity index (χ0v) is 15.3. The Bertz CT molecular complexity index is 735. The minimum atomic E-state index is -0.320. The molecule has 2 aromatic rings. The third-order valence-corrected chi connectivity index (χ3v) is 3.81. The number of nitrogens with one attached hydrogen (secondary N) is 2. The summed E-state index contributed by atoms with van der Waals surface area (Å²) in [4.78, 5) is 23.6. The lowest BCUT2D eigenvalue weighted by atomic mass is 10.2. The van der Waals surface area contributed by atoms with Crippen molar-refractivity contribution in [3.05, 3.63) is 57.5 Å². The molecule has 126 valence electrons. The Labute approximate surface area is 153 Å². The molecule has 0 atom stereocenters. The van der Waals surface area contributed by atoms with Crippen LogP contribution in [-0.4, -0.2) is 25.0 Å². The summed E-state index contributed by atoms with van der Waals surface area (Å²) in [6.45, 7) is 2.25. The van der Waals surface area contributed by atoms with Crippen LogP contribution in [0.3, 0.4) is 0 Å². The second-order valence-corrected chi connectivity index (χ2v) is 6.17. The average Bonchev–Trinajstić information content (AvgIpc) is 2.55. The van der Waals surface area contributed by atoms with Crippen molar-refractivity contribution in [3.8, 4) is 5.75 Å². The van der Waals surface area contributed by atoms with Crippen molar-refractivity contribution in [1.82, 2.24) is 5.32 Å². The first-order valence-corrected chi connectivity index (χ1v) is 8.42. The summed E-state index contributed by atoms with van der Waals surface area (Å²) < 4.78 is 6.22. The number of carbonyl (C=O) groups is 2. The zero-order chi connectivity index (χ0) is 17.5. The number of hydrogen-bond donors (Lipinski definition) is 2. The Morgan fingerprint density at radius 3 is 2.50 bits per heavy atom. The molecule has 0 unspecified atom stereocenters. The van der Waals surface area contributed by atoms with E-state index >= 15 is 0 Å². The highest BCUT2D eigenvalue weighted by molar-refractivity contribution is 9.10. The third kappa shape index (κ3) is 5.25. The first-order chi connectivity index (χ1) is 11.5. The highest BCUT2D eigenvalue weighted by atomic mass is 79.9. The van der Waals surface area contributed by atoms with Gasteiger partial charge in [-0.15, -0.1) is 0 Å². The first-order valence-electron chi connectivity index (χ1n) is 7.25. The van der Waals surface area contributed by atoms with Crippen LogP contribution in [0.25, 0.3) is 0 Å². The molecule has 2 rings (SSSR count). The second-order valence-electron chi connectivity index (χ2n) is 4.85. The Hall–Kier alpha value is -2.05. The van der Waals surface area contributed by atoms with Crippen LogP contribution in [0, 0.1) is 0 Å². The van der Waals surface area contributed by atoms with Gasteiger partial charge in [0.25, 0.3) is 11.8 Å². The van der Waals surface area contributed by atoms with Crippen LogP contribution in [0.4, 0.5) is 5.69 Å². The van der Waals surface area contributed by atoms with E-state index in [1.807, 2.05) is 6.92 Å². The monoisotopic (exact) mass is 410 g/mol. The molecule has 0 aromatic heterocycles. The average molecular weight is 412 g/mol. The van der Waals surface area contributed by atoms with Gasteiger partial charge in [0, 0.05) is 22.3 Å². The van der Waals surface area contributed by atoms with Crippen molar-refractivity contribution in [3.63, 3.8) is 0 Å². The molecule has 5 nitrogen and oxygen atoms in total. The third-order valence-electron chi connectivity index (χ3n) is 3.02. The van der Waals surface area contributed by atoms with Gasteiger partial charge in [0.1, 0.15) is 5.75 Å². The number of carbonyl (C=O) groups excluding carboxylic acids is 2. The van der Waals surface area contributed by atoms with E-state index in [9.17, 15) is 9.59 Å². The molecule has 0 saturated carbocycles. The van der Waals surface area contributed by atoms with Crippen LogP contribution >= 0.6 is 27.5 Å². The van der Waals surface area contributed by atoms with Gasteiger partial charge in [-0.05, 0) is 49.4 Å². The molecule has 2 N–H and O–H groups in total. The molecule has 0 heterocycles. The summed E-state index contributed by atoms with van der Waals surface area (Å²) in [5.74, 6) is -0.0371. The fraction of sp³-hybridized carbons (Fsp3) is 0.176. The van der Waals surface area contributed by atoms with Crippen LogP contribution in [-0.2, 0) is 4.79 Å². The minimum absolute atomic E-state index is 0.149. The summed E-state index contributed by atoms with van der Waals surface area (Å²) >= 11 is 9.32. The summed E-state index contributed by atoms with van der Waals surface area (Å²) in [7, 11) is 0. The second kappa shape index (κ2) is 8.70. The van der Waals surface area contributed by atoms with Gasteiger partial charge < -0.3 is 15.4 Å².